The number of aromatic amines is 1. The van der Waals surface area contributed by atoms with Crippen molar-refractivity contribution in [2.24, 2.45) is 0 Å². The molecule has 23 heavy (non-hydrogen) atoms. The molecule has 6 heteroatoms. The van der Waals surface area contributed by atoms with E-state index in [-0.39, 0.29) is 11.6 Å². The molecule has 0 amide bonds. The number of nitrogens with zero attached hydrogens (tertiary/aromatic N) is 3. The van der Waals surface area contributed by atoms with Gasteiger partial charge in [0.05, 0.1) is 17.6 Å². The van der Waals surface area contributed by atoms with Crippen LogP contribution in [0.25, 0.3) is 33.7 Å². The average molecular weight is 308 g/mol. The summed E-state index contributed by atoms with van der Waals surface area (Å²) in [5, 5.41) is 6.70. The van der Waals surface area contributed by atoms with Gasteiger partial charge in [-0.05, 0) is 48.5 Å². The lowest BCUT2D eigenvalue weighted by molar-refractivity contribution is 0.627. The molecule has 4 rings (SSSR count). The van der Waals surface area contributed by atoms with Crippen LogP contribution in [-0.4, -0.2) is 20.2 Å². The molecule has 0 atom stereocenters. The Labute approximate surface area is 129 Å². The van der Waals surface area contributed by atoms with Crippen molar-refractivity contribution in [3.63, 3.8) is 0 Å². The highest BCUT2D eigenvalue weighted by molar-refractivity contribution is 5.84. The lowest BCUT2D eigenvalue weighted by Crippen LogP contribution is -1.95. The molecule has 112 valence electrons. The third-order valence-corrected chi connectivity index (χ3v) is 3.52. The molecule has 0 fully saturated rings. The summed E-state index contributed by atoms with van der Waals surface area (Å²) in [5.74, 6) is -0.651. The van der Waals surface area contributed by atoms with Gasteiger partial charge < -0.3 is 0 Å². The first-order valence-corrected chi connectivity index (χ1v) is 6.94. The highest BCUT2D eigenvalue weighted by Gasteiger charge is 2.14. The molecular formula is C17H10F2N4. The van der Waals surface area contributed by atoms with Crippen LogP contribution >= 0.6 is 0 Å². The smallest absolute Gasteiger partial charge is 0.174 e. The van der Waals surface area contributed by atoms with E-state index in [0.717, 1.165) is 11.1 Å². The van der Waals surface area contributed by atoms with Crippen LogP contribution in [0.4, 0.5) is 8.78 Å². The standard InChI is InChI=1S/C17H10F2N4/c18-12-5-1-10(2-6-12)15-16(11-3-7-13(19)8-4-11)22-17-14(21-15)9-20-23-17/h1-9H,(H,20,22,23). The van der Waals surface area contributed by atoms with Crippen molar-refractivity contribution in [3.05, 3.63) is 66.4 Å². The first kappa shape index (κ1) is 13.5. The molecule has 0 saturated heterocycles. The number of benzene rings is 2. The summed E-state index contributed by atoms with van der Waals surface area (Å²) in [5.41, 5.74) is 3.75. The van der Waals surface area contributed by atoms with E-state index in [4.69, 9.17) is 0 Å². The second kappa shape index (κ2) is 5.24. The summed E-state index contributed by atoms with van der Waals surface area (Å²) >= 11 is 0. The molecule has 4 nitrogen and oxygen atoms in total. The van der Waals surface area contributed by atoms with E-state index >= 15 is 0 Å². The molecule has 4 aromatic rings. The molecule has 0 radical (unpaired) electrons. The van der Waals surface area contributed by atoms with E-state index in [1.54, 1.807) is 30.5 Å². The highest BCUT2D eigenvalue weighted by Crippen LogP contribution is 2.30. The Morgan fingerprint density at radius 3 is 1.78 bits per heavy atom. The summed E-state index contributed by atoms with van der Waals surface area (Å²) in [6.45, 7) is 0. The van der Waals surface area contributed by atoms with Crippen molar-refractivity contribution >= 4 is 11.2 Å². The van der Waals surface area contributed by atoms with Crippen molar-refractivity contribution in [2.75, 3.05) is 0 Å². The summed E-state index contributed by atoms with van der Waals surface area (Å²) < 4.78 is 26.4. The lowest BCUT2D eigenvalue weighted by atomic mass is 10.0. The molecule has 0 aliphatic carbocycles. The number of halogens is 2. The van der Waals surface area contributed by atoms with Crippen molar-refractivity contribution in [1.29, 1.82) is 0 Å². The van der Waals surface area contributed by atoms with Crippen LogP contribution < -0.4 is 0 Å². The maximum absolute atomic E-state index is 13.2. The summed E-state index contributed by atoms with van der Waals surface area (Å²) in [7, 11) is 0. The lowest BCUT2D eigenvalue weighted by Gasteiger charge is -2.08. The van der Waals surface area contributed by atoms with Gasteiger partial charge in [0.1, 0.15) is 17.2 Å². The van der Waals surface area contributed by atoms with E-state index in [2.05, 4.69) is 20.2 Å². The fraction of sp³-hybridized carbons (Fsp3) is 0. The molecule has 2 aromatic carbocycles. The topological polar surface area (TPSA) is 54.5 Å². The molecule has 0 aliphatic rings. The number of hydrogen-bond acceptors (Lipinski definition) is 3. The van der Waals surface area contributed by atoms with Crippen LogP contribution in [0.5, 0.6) is 0 Å². The second-order valence-electron chi connectivity index (χ2n) is 5.04. The van der Waals surface area contributed by atoms with Crippen molar-refractivity contribution in [1.82, 2.24) is 20.2 Å². The second-order valence-corrected chi connectivity index (χ2v) is 5.04. The predicted octanol–water partition coefficient (Wildman–Crippen LogP) is 3.97. The first-order chi connectivity index (χ1) is 11.2. The fourth-order valence-corrected chi connectivity index (χ4v) is 2.39. The number of fused-ring (bicyclic) bond motifs is 1. The number of hydrogen-bond donors (Lipinski definition) is 1. The normalized spacial score (nSPS) is 11.0. The molecule has 2 aromatic heterocycles. The first-order valence-electron chi connectivity index (χ1n) is 6.94. The number of aromatic nitrogens is 4. The zero-order valence-electron chi connectivity index (χ0n) is 11.8. The fourth-order valence-electron chi connectivity index (χ4n) is 2.39. The van der Waals surface area contributed by atoms with Gasteiger partial charge in [0.2, 0.25) is 0 Å². The Kier molecular flexibility index (Phi) is 3.08. The minimum atomic E-state index is -0.326. The van der Waals surface area contributed by atoms with Gasteiger partial charge in [-0.3, -0.25) is 5.10 Å². The molecule has 0 saturated carbocycles. The number of nitrogens with one attached hydrogen (secondary N) is 1. The van der Waals surface area contributed by atoms with Crippen molar-refractivity contribution < 1.29 is 8.78 Å². The summed E-state index contributed by atoms with van der Waals surface area (Å²) in [6, 6.07) is 12.0. The number of H-pyrrole nitrogens is 1. The van der Waals surface area contributed by atoms with Gasteiger partial charge in [0, 0.05) is 11.1 Å². The van der Waals surface area contributed by atoms with Crippen LogP contribution in [-0.2, 0) is 0 Å². The SMILES string of the molecule is Fc1ccc(-c2nc3cn[nH]c3nc2-c2ccc(F)cc2)cc1. The Bertz CT molecular complexity index is 896. The van der Waals surface area contributed by atoms with Gasteiger partial charge in [-0.15, -0.1) is 0 Å². The van der Waals surface area contributed by atoms with Crippen LogP contribution in [0, 0.1) is 11.6 Å². The van der Waals surface area contributed by atoms with Crippen LogP contribution in [0.3, 0.4) is 0 Å². The highest BCUT2D eigenvalue weighted by atomic mass is 19.1. The van der Waals surface area contributed by atoms with Gasteiger partial charge in [-0.2, -0.15) is 5.10 Å². The minimum Gasteiger partial charge on any atom is -0.259 e. The van der Waals surface area contributed by atoms with E-state index in [1.165, 1.54) is 24.3 Å². The van der Waals surface area contributed by atoms with Crippen LogP contribution in [0.1, 0.15) is 0 Å². The van der Waals surface area contributed by atoms with Gasteiger partial charge in [0.15, 0.2) is 5.65 Å². The van der Waals surface area contributed by atoms with Crippen LogP contribution in [0.15, 0.2) is 54.7 Å². The van der Waals surface area contributed by atoms with Gasteiger partial charge in [0.25, 0.3) is 0 Å². The predicted molar refractivity (Wildman–Crippen MR) is 82.5 cm³/mol. The third-order valence-electron chi connectivity index (χ3n) is 3.52. The molecule has 0 aliphatic heterocycles. The van der Waals surface area contributed by atoms with Gasteiger partial charge in [-0.25, -0.2) is 18.7 Å². The maximum Gasteiger partial charge on any atom is 0.174 e. The average Bonchev–Trinajstić information content (AvgIpc) is 3.03. The van der Waals surface area contributed by atoms with E-state index in [0.29, 0.717) is 22.6 Å². The van der Waals surface area contributed by atoms with Crippen molar-refractivity contribution in [2.45, 2.75) is 0 Å². The molecular weight excluding hydrogens is 298 g/mol. The molecule has 0 unspecified atom stereocenters. The Hall–Kier alpha value is -3.15. The van der Waals surface area contributed by atoms with E-state index < -0.39 is 0 Å². The maximum atomic E-state index is 13.2. The molecule has 1 N–H and O–H groups in total. The third kappa shape index (κ3) is 2.44. The van der Waals surface area contributed by atoms with E-state index in [9.17, 15) is 8.78 Å². The van der Waals surface area contributed by atoms with Crippen molar-refractivity contribution in [3.8, 4) is 22.5 Å². The zero-order chi connectivity index (χ0) is 15.8. The Morgan fingerprint density at radius 1 is 0.696 bits per heavy atom. The quantitative estimate of drug-likeness (QED) is 0.609. The molecule has 0 bridgehead atoms. The Balaban J connectivity index is 1.98. The molecule has 0 spiro atoms. The van der Waals surface area contributed by atoms with Gasteiger partial charge >= 0.3 is 0 Å². The molecule has 2 heterocycles. The Morgan fingerprint density at radius 2 is 1.22 bits per heavy atom. The van der Waals surface area contributed by atoms with Gasteiger partial charge in [-0.1, -0.05) is 0 Å². The minimum absolute atomic E-state index is 0.325. The summed E-state index contributed by atoms with van der Waals surface area (Å²) in [4.78, 5) is 9.10. The number of rotatable bonds is 2. The monoisotopic (exact) mass is 308 g/mol. The van der Waals surface area contributed by atoms with Crippen LogP contribution in [0.2, 0.25) is 0 Å². The largest absolute Gasteiger partial charge is 0.259 e. The van der Waals surface area contributed by atoms with E-state index in [1.807, 2.05) is 0 Å². The summed E-state index contributed by atoms with van der Waals surface area (Å²) in [6.07, 6.45) is 1.57. The zero-order valence-corrected chi connectivity index (χ0v) is 11.8.